The van der Waals surface area contributed by atoms with E-state index in [0.717, 1.165) is 10.6 Å². The van der Waals surface area contributed by atoms with E-state index in [1.807, 2.05) is 18.2 Å². The third kappa shape index (κ3) is 3.76. The highest BCUT2D eigenvalue weighted by molar-refractivity contribution is 7.13. The number of thiazole rings is 1. The van der Waals surface area contributed by atoms with Crippen LogP contribution in [0.3, 0.4) is 0 Å². The fourth-order valence-corrected chi connectivity index (χ4v) is 2.49. The van der Waals surface area contributed by atoms with Crippen LogP contribution in [-0.4, -0.2) is 29.1 Å². The van der Waals surface area contributed by atoms with Crippen LogP contribution in [0.25, 0.3) is 10.6 Å². The van der Waals surface area contributed by atoms with E-state index in [0.29, 0.717) is 23.7 Å². The van der Waals surface area contributed by atoms with Crippen LogP contribution < -0.4 is 5.32 Å². The molecule has 100 valence electrons. The lowest BCUT2D eigenvalue weighted by atomic mass is 10.2. The van der Waals surface area contributed by atoms with E-state index in [1.165, 1.54) is 11.3 Å². The fraction of sp³-hybridized carbons (Fsp3) is 0.231. The van der Waals surface area contributed by atoms with Gasteiger partial charge in [0.1, 0.15) is 10.7 Å². The first kappa shape index (κ1) is 14.0. The Balaban J connectivity index is 2.08. The van der Waals surface area contributed by atoms with Crippen LogP contribution in [0.15, 0.2) is 29.6 Å². The van der Waals surface area contributed by atoms with Crippen LogP contribution >= 0.6 is 22.9 Å². The molecule has 0 aliphatic carbocycles. The summed E-state index contributed by atoms with van der Waals surface area (Å²) in [6, 6.07) is 7.35. The largest absolute Gasteiger partial charge is 0.396 e. The third-order valence-electron chi connectivity index (χ3n) is 2.43. The van der Waals surface area contributed by atoms with E-state index in [1.54, 1.807) is 11.4 Å². The van der Waals surface area contributed by atoms with Crippen LogP contribution in [0.1, 0.15) is 16.9 Å². The van der Waals surface area contributed by atoms with Crippen molar-refractivity contribution >= 4 is 28.8 Å². The van der Waals surface area contributed by atoms with E-state index >= 15 is 0 Å². The smallest absolute Gasteiger partial charge is 0.270 e. The van der Waals surface area contributed by atoms with Gasteiger partial charge in [0, 0.05) is 29.1 Å². The summed E-state index contributed by atoms with van der Waals surface area (Å²) in [6.07, 6.45) is 0.539. The summed E-state index contributed by atoms with van der Waals surface area (Å²) in [5.74, 6) is -0.224. The van der Waals surface area contributed by atoms with Gasteiger partial charge >= 0.3 is 0 Å². The zero-order valence-electron chi connectivity index (χ0n) is 10.1. The number of carbonyl (C=O) groups is 1. The highest BCUT2D eigenvalue weighted by Crippen LogP contribution is 2.25. The van der Waals surface area contributed by atoms with E-state index in [-0.39, 0.29) is 12.5 Å². The number of aromatic nitrogens is 1. The maximum atomic E-state index is 11.8. The molecule has 0 saturated heterocycles. The van der Waals surface area contributed by atoms with Crippen LogP contribution in [-0.2, 0) is 0 Å². The number of aliphatic hydroxyl groups excluding tert-OH is 1. The van der Waals surface area contributed by atoms with Crippen molar-refractivity contribution in [3.8, 4) is 10.6 Å². The second kappa shape index (κ2) is 6.65. The zero-order valence-corrected chi connectivity index (χ0v) is 11.7. The molecule has 1 amide bonds. The lowest BCUT2D eigenvalue weighted by Gasteiger charge is -2.00. The Bertz CT molecular complexity index is 571. The summed E-state index contributed by atoms with van der Waals surface area (Å²) in [7, 11) is 0. The molecule has 0 bridgehead atoms. The van der Waals surface area contributed by atoms with Crippen molar-refractivity contribution in [1.82, 2.24) is 10.3 Å². The van der Waals surface area contributed by atoms with Crippen LogP contribution in [0.5, 0.6) is 0 Å². The number of nitrogens with zero attached hydrogens (tertiary/aromatic N) is 1. The number of hydrogen-bond donors (Lipinski definition) is 2. The molecule has 1 aromatic heterocycles. The van der Waals surface area contributed by atoms with Gasteiger partial charge in [-0.25, -0.2) is 4.98 Å². The van der Waals surface area contributed by atoms with Gasteiger partial charge in [0.2, 0.25) is 0 Å². The van der Waals surface area contributed by atoms with Crippen molar-refractivity contribution in [2.75, 3.05) is 13.2 Å². The molecule has 1 heterocycles. The highest BCUT2D eigenvalue weighted by atomic mass is 35.5. The summed E-state index contributed by atoms with van der Waals surface area (Å²) < 4.78 is 0. The van der Waals surface area contributed by atoms with Gasteiger partial charge in [0.05, 0.1) is 0 Å². The molecule has 0 saturated carbocycles. The van der Waals surface area contributed by atoms with Gasteiger partial charge in [0.15, 0.2) is 0 Å². The van der Waals surface area contributed by atoms with Crippen molar-refractivity contribution in [3.63, 3.8) is 0 Å². The molecule has 0 aliphatic heterocycles. The first-order chi connectivity index (χ1) is 9.20. The van der Waals surface area contributed by atoms with Gasteiger partial charge in [-0.1, -0.05) is 23.7 Å². The van der Waals surface area contributed by atoms with E-state index in [2.05, 4.69) is 10.3 Å². The first-order valence-electron chi connectivity index (χ1n) is 5.81. The van der Waals surface area contributed by atoms with E-state index in [4.69, 9.17) is 16.7 Å². The zero-order chi connectivity index (χ0) is 13.7. The molecule has 2 N–H and O–H groups in total. The highest BCUT2D eigenvalue weighted by Gasteiger charge is 2.11. The Morgan fingerprint density at radius 1 is 1.47 bits per heavy atom. The van der Waals surface area contributed by atoms with E-state index < -0.39 is 0 Å². The summed E-state index contributed by atoms with van der Waals surface area (Å²) in [6.45, 7) is 0.504. The molecule has 1 aromatic carbocycles. The van der Waals surface area contributed by atoms with Gasteiger partial charge in [-0.2, -0.15) is 0 Å². The van der Waals surface area contributed by atoms with Gasteiger partial charge in [-0.15, -0.1) is 11.3 Å². The average Bonchev–Trinajstić information content (AvgIpc) is 2.88. The van der Waals surface area contributed by atoms with Gasteiger partial charge in [-0.3, -0.25) is 4.79 Å². The van der Waals surface area contributed by atoms with Gasteiger partial charge < -0.3 is 10.4 Å². The minimum absolute atomic E-state index is 0.0606. The Kier molecular flexibility index (Phi) is 4.90. The molecular weight excluding hydrogens is 284 g/mol. The minimum Gasteiger partial charge on any atom is -0.396 e. The number of hydrogen-bond acceptors (Lipinski definition) is 4. The molecule has 0 fully saturated rings. The molecule has 6 heteroatoms. The van der Waals surface area contributed by atoms with Crippen LogP contribution in [0.2, 0.25) is 5.02 Å². The van der Waals surface area contributed by atoms with Crippen molar-refractivity contribution in [3.05, 3.63) is 40.4 Å². The van der Waals surface area contributed by atoms with Crippen molar-refractivity contribution in [2.45, 2.75) is 6.42 Å². The summed E-state index contributed by atoms with van der Waals surface area (Å²) >= 11 is 7.32. The maximum Gasteiger partial charge on any atom is 0.270 e. The third-order valence-corrected chi connectivity index (χ3v) is 3.56. The minimum atomic E-state index is -0.224. The number of amides is 1. The lowest BCUT2D eigenvalue weighted by Crippen LogP contribution is -2.25. The number of benzene rings is 1. The Morgan fingerprint density at radius 2 is 2.32 bits per heavy atom. The van der Waals surface area contributed by atoms with Crippen molar-refractivity contribution in [1.29, 1.82) is 0 Å². The van der Waals surface area contributed by atoms with Crippen molar-refractivity contribution in [2.24, 2.45) is 0 Å². The summed E-state index contributed by atoms with van der Waals surface area (Å²) in [5, 5.41) is 14.5. The van der Waals surface area contributed by atoms with Crippen LogP contribution in [0.4, 0.5) is 0 Å². The number of rotatable bonds is 5. The van der Waals surface area contributed by atoms with E-state index in [9.17, 15) is 4.79 Å². The topological polar surface area (TPSA) is 62.2 Å². The average molecular weight is 297 g/mol. The Hall–Kier alpha value is -1.43. The SMILES string of the molecule is O=C(NCCCO)c1csc(-c2cccc(Cl)c2)n1. The molecule has 0 aliphatic rings. The molecule has 0 radical (unpaired) electrons. The summed E-state index contributed by atoms with van der Waals surface area (Å²) in [4.78, 5) is 16.0. The molecule has 2 rings (SSSR count). The normalized spacial score (nSPS) is 10.4. The molecule has 2 aromatic rings. The molecule has 0 unspecified atom stereocenters. The summed E-state index contributed by atoms with van der Waals surface area (Å²) in [5.41, 5.74) is 1.28. The quantitative estimate of drug-likeness (QED) is 0.834. The fourth-order valence-electron chi connectivity index (χ4n) is 1.50. The molecule has 0 atom stereocenters. The number of halogens is 1. The number of nitrogens with one attached hydrogen (secondary N) is 1. The van der Waals surface area contributed by atoms with Crippen molar-refractivity contribution < 1.29 is 9.90 Å². The lowest BCUT2D eigenvalue weighted by molar-refractivity contribution is 0.0947. The van der Waals surface area contributed by atoms with Crippen LogP contribution in [0, 0.1) is 0 Å². The first-order valence-corrected chi connectivity index (χ1v) is 7.07. The van der Waals surface area contributed by atoms with Gasteiger partial charge in [0.25, 0.3) is 5.91 Å². The number of aliphatic hydroxyl groups is 1. The predicted molar refractivity (Wildman–Crippen MR) is 76.6 cm³/mol. The Labute approximate surface area is 120 Å². The second-order valence-corrected chi connectivity index (χ2v) is 5.18. The standard InChI is InChI=1S/C13H13ClN2O2S/c14-10-4-1-3-9(7-10)13-16-11(8-19-13)12(18)15-5-2-6-17/h1,3-4,7-8,17H,2,5-6H2,(H,15,18). The monoisotopic (exact) mass is 296 g/mol. The molecular formula is C13H13ClN2O2S. The molecule has 19 heavy (non-hydrogen) atoms. The van der Waals surface area contributed by atoms with Gasteiger partial charge in [-0.05, 0) is 18.6 Å². The second-order valence-electron chi connectivity index (χ2n) is 3.88. The number of carbonyl (C=O) groups excluding carboxylic acids is 1. The molecule has 0 spiro atoms. The molecule has 4 nitrogen and oxygen atoms in total. The maximum absolute atomic E-state index is 11.8. The predicted octanol–water partition coefficient (Wildman–Crippen LogP) is 2.58. The Morgan fingerprint density at radius 3 is 3.05 bits per heavy atom.